The number of carbonyl (C=O) groups excluding carboxylic acids is 1. The van der Waals surface area contributed by atoms with E-state index in [1.165, 1.54) is 0 Å². The number of aromatic nitrogens is 2. The van der Waals surface area contributed by atoms with Crippen molar-refractivity contribution in [2.24, 2.45) is 0 Å². The molecule has 0 atom stereocenters. The molecule has 0 saturated carbocycles. The lowest BCUT2D eigenvalue weighted by atomic mass is 10.0. The highest BCUT2D eigenvalue weighted by Gasteiger charge is 2.23. The number of carbonyl (C=O) groups is 1. The number of fused-ring (bicyclic) bond motifs is 2. The van der Waals surface area contributed by atoms with Gasteiger partial charge in [0.05, 0.1) is 16.4 Å². The third-order valence-electron chi connectivity index (χ3n) is 6.17. The van der Waals surface area contributed by atoms with Gasteiger partial charge in [-0.05, 0) is 43.3 Å². The van der Waals surface area contributed by atoms with E-state index in [1.54, 1.807) is 11.0 Å². The van der Waals surface area contributed by atoms with Crippen molar-refractivity contribution < 1.29 is 4.79 Å². The molecular weight excluding hydrogens is 422 g/mol. The number of pyridine rings is 1. The highest BCUT2D eigenvalue weighted by molar-refractivity contribution is 6.33. The summed E-state index contributed by atoms with van der Waals surface area (Å²) in [6.07, 6.45) is 17.5. The predicted molar refractivity (Wildman–Crippen MR) is 128 cm³/mol. The van der Waals surface area contributed by atoms with Gasteiger partial charge in [0, 0.05) is 62.1 Å². The van der Waals surface area contributed by atoms with Gasteiger partial charge < -0.3 is 14.2 Å². The third-order valence-corrected chi connectivity index (χ3v) is 6.45. The van der Waals surface area contributed by atoms with Gasteiger partial charge in [0.2, 0.25) is 0 Å². The zero-order valence-corrected chi connectivity index (χ0v) is 19.1. The van der Waals surface area contributed by atoms with Crippen molar-refractivity contribution in [3.8, 4) is 0 Å². The molecule has 164 valence electrons. The number of halogens is 1. The number of rotatable bonds is 3. The number of imidazole rings is 1. The Bertz CT molecular complexity index is 1220. The monoisotopic (exact) mass is 447 g/mol. The van der Waals surface area contributed by atoms with E-state index in [1.807, 2.05) is 60.3 Å². The first-order valence-electron chi connectivity index (χ1n) is 11.0. The summed E-state index contributed by atoms with van der Waals surface area (Å²) in [6, 6.07) is 1.86. The number of hydrogen-bond donors (Lipinski definition) is 0. The van der Waals surface area contributed by atoms with Crippen LogP contribution in [0.25, 0.3) is 11.2 Å². The van der Waals surface area contributed by atoms with E-state index in [-0.39, 0.29) is 5.91 Å². The van der Waals surface area contributed by atoms with E-state index in [2.05, 4.69) is 27.8 Å². The molecule has 1 amide bonds. The Kier molecular flexibility index (Phi) is 5.49. The SMILES string of the molecule is CCN1CCN(C2=CN3C(=O)/C=C(c4cc(Cl)c5nc(C)cn5c4)\C=C\C=C3C=C2)CC1. The first-order valence-corrected chi connectivity index (χ1v) is 11.4. The van der Waals surface area contributed by atoms with Crippen LogP contribution in [-0.4, -0.2) is 62.7 Å². The van der Waals surface area contributed by atoms with Crippen molar-refractivity contribution in [1.82, 2.24) is 24.1 Å². The van der Waals surface area contributed by atoms with E-state index >= 15 is 0 Å². The summed E-state index contributed by atoms with van der Waals surface area (Å²) in [7, 11) is 0. The Labute approximate surface area is 193 Å². The molecule has 0 N–H and O–H groups in total. The summed E-state index contributed by atoms with van der Waals surface area (Å²) in [5.74, 6) is -0.0809. The zero-order chi connectivity index (χ0) is 22.2. The maximum absolute atomic E-state index is 13.3. The lowest BCUT2D eigenvalue weighted by Gasteiger charge is -2.37. The number of nitrogens with zero attached hydrogens (tertiary/aromatic N) is 5. The predicted octanol–water partition coefficient (Wildman–Crippen LogP) is 4.01. The van der Waals surface area contributed by atoms with Gasteiger partial charge in [-0.15, -0.1) is 0 Å². The molecule has 32 heavy (non-hydrogen) atoms. The van der Waals surface area contributed by atoms with Crippen LogP contribution in [0.3, 0.4) is 0 Å². The second-order valence-electron chi connectivity index (χ2n) is 8.26. The average molecular weight is 448 g/mol. The summed E-state index contributed by atoms with van der Waals surface area (Å²) in [5.41, 5.74) is 5.22. The molecule has 6 nitrogen and oxygen atoms in total. The summed E-state index contributed by atoms with van der Waals surface area (Å²) in [6.45, 7) is 9.23. The van der Waals surface area contributed by atoms with Gasteiger partial charge >= 0.3 is 0 Å². The maximum atomic E-state index is 13.3. The molecule has 0 unspecified atom stereocenters. The van der Waals surface area contributed by atoms with E-state index in [0.29, 0.717) is 10.7 Å². The molecular formula is C25H26ClN5O. The molecule has 5 rings (SSSR count). The summed E-state index contributed by atoms with van der Waals surface area (Å²) >= 11 is 6.47. The first-order chi connectivity index (χ1) is 15.5. The molecule has 3 aliphatic rings. The van der Waals surface area contributed by atoms with Crippen molar-refractivity contribution >= 4 is 28.7 Å². The molecule has 0 aliphatic carbocycles. The Hall–Kier alpha value is -3.09. The highest BCUT2D eigenvalue weighted by atomic mass is 35.5. The van der Waals surface area contributed by atoms with Gasteiger partial charge in [-0.3, -0.25) is 9.69 Å². The summed E-state index contributed by atoms with van der Waals surface area (Å²) in [4.78, 5) is 24.3. The summed E-state index contributed by atoms with van der Waals surface area (Å²) in [5, 5.41) is 0.560. The fraction of sp³-hybridized carbons (Fsp3) is 0.280. The minimum atomic E-state index is -0.0809. The standard InChI is InChI=1S/C25H26ClN5O/c1-3-28-9-11-29(12-10-28)22-8-7-21-6-4-5-19(14-24(32)31(21)17-22)20-13-23(26)25-27-18(2)15-30(25)16-20/h4-8,13-17H,3,9-12H2,1-2H3/b5-4+,19-14+,21-6?. The van der Waals surface area contributed by atoms with E-state index in [0.717, 1.165) is 60.9 Å². The normalized spacial score (nSPS) is 22.1. The lowest BCUT2D eigenvalue weighted by molar-refractivity contribution is -0.122. The molecule has 0 aromatic carbocycles. The third kappa shape index (κ3) is 3.92. The van der Waals surface area contributed by atoms with Gasteiger partial charge in [-0.25, -0.2) is 4.98 Å². The minimum Gasteiger partial charge on any atom is -0.368 e. The van der Waals surface area contributed by atoms with Crippen LogP contribution in [0.4, 0.5) is 0 Å². The second kappa shape index (κ2) is 8.45. The van der Waals surface area contributed by atoms with Crippen molar-refractivity contribution in [1.29, 1.82) is 0 Å². The van der Waals surface area contributed by atoms with Crippen molar-refractivity contribution in [2.45, 2.75) is 13.8 Å². The average Bonchev–Trinajstić information content (AvgIpc) is 3.18. The molecule has 1 saturated heterocycles. The fourth-order valence-corrected chi connectivity index (χ4v) is 4.61. The van der Waals surface area contributed by atoms with Crippen LogP contribution in [0.1, 0.15) is 18.2 Å². The Morgan fingerprint density at radius 1 is 1.06 bits per heavy atom. The smallest absolute Gasteiger partial charge is 0.255 e. The number of allylic oxidation sites excluding steroid dienone is 6. The maximum Gasteiger partial charge on any atom is 0.255 e. The van der Waals surface area contributed by atoms with Crippen LogP contribution in [-0.2, 0) is 4.79 Å². The van der Waals surface area contributed by atoms with Gasteiger partial charge in [-0.1, -0.05) is 30.7 Å². The Morgan fingerprint density at radius 3 is 2.62 bits per heavy atom. The van der Waals surface area contributed by atoms with Crippen LogP contribution in [0, 0.1) is 6.92 Å². The highest BCUT2D eigenvalue weighted by Crippen LogP contribution is 2.28. The molecule has 5 heterocycles. The van der Waals surface area contributed by atoms with Gasteiger partial charge in [0.25, 0.3) is 5.91 Å². The second-order valence-corrected chi connectivity index (χ2v) is 8.66. The fourth-order valence-electron chi connectivity index (χ4n) is 4.35. The van der Waals surface area contributed by atoms with Crippen LogP contribution in [0.5, 0.6) is 0 Å². The number of likely N-dealkylation sites (N-methyl/N-ethyl adjacent to an activating group) is 1. The number of amides is 1. The molecule has 0 spiro atoms. The molecule has 2 aromatic rings. The lowest BCUT2D eigenvalue weighted by Crippen LogP contribution is -2.46. The zero-order valence-electron chi connectivity index (χ0n) is 18.3. The minimum absolute atomic E-state index is 0.0809. The van der Waals surface area contributed by atoms with Crippen molar-refractivity contribution in [2.75, 3.05) is 32.7 Å². The Balaban J connectivity index is 1.45. The van der Waals surface area contributed by atoms with Crippen LogP contribution >= 0.6 is 11.6 Å². The van der Waals surface area contributed by atoms with E-state index in [9.17, 15) is 4.79 Å². The topological polar surface area (TPSA) is 44.1 Å². The van der Waals surface area contributed by atoms with Crippen molar-refractivity contribution in [3.05, 3.63) is 88.8 Å². The molecule has 0 radical (unpaired) electrons. The van der Waals surface area contributed by atoms with Crippen LogP contribution in [0.15, 0.2) is 72.5 Å². The largest absolute Gasteiger partial charge is 0.368 e. The van der Waals surface area contributed by atoms with E-state index in [4.69, 9.17) is 11.6 Å². The number of hydrogen-bond acceptors (Lipinski definition) is 4. The van der Waals surface area contributed by atoms with Crippen LogP contribution in [0.2, 0.25) is 5.02 Å². The molecule has 0 bridgehead atoms. The van der Waals surface area contributed by atoms with E-state index < -0.39 is 0 Å². The van der Waals surface area contributed by atoms with Gasteiger partial charge in [0.15, 0.2) is 5.65 Å². The van der Waals surface area contributed by atoms with Gasteiger partial charge in [0.1, 0.15) is 0 Å². The first kappa shape index (κ1) is 20.8. The summed E-state index contributed by atoms with van der Waals surface area (Å²) < 4.78 is 1.91. The van der Waals surface area contributed by atoms with Crippen LogP contribution < -0.4 is 0 Å². The number of piperazine rings is 1. The number of aryl methyl sites for hydroxylation is 1. The molecule has 1 fully saturated rings. The molecule has 2 aromatic heterocycles. The molecule has 7 heteroatoms. The molecule has 3 aliphatic heterocycles. The van der Waals surface area contributed by atoms with Crippen molar-refractivity contribution in [3.63, 3.8) is 0 Å². The van der Waals surface area contributed by atoms with Gasteiger partial charge in [-0.2, -0.15) is 0 Å². The quantitative estimate of drug-likeness (QED) is 0.713. The Morgan fingerprint density at radius 2 is 1.84 bits per heavy atom.